The van der Waals surface area contributed by atoms with Gasteiger partial charge in [0.1, 0.15) is 6.04 Å². The third kappa shape index (κ3) is 5.00. The Morgan fingerprint density at radius 2 is 1.63 bits per heavy atom. The number of hydrogen-bond donors (Lipinski definition) is 2. The van der Waals surface area contributed by atoms with Crippen molar-refractivity contribution in [3.63, 3.8) is 0 Å². The van der Waals surface area contributed by atoms with Gasteiger partial charge in [-0.3, -0.25) is 14.4 Å². The van der Waals surface area contributed by atoms with Crippen LogP contribution < -0.4 is 10.6 Å². The van der Waals surface area contributed by atoms with Crippen LogP contribution in [0.1, 0.15) is 35.3 Å². The van der Waals surface area contributed by atoms with Crippen molar-refractivity contribution in [2.45, 2.75) is 32.9 Å². The second-order valence-corrected chi connectivity index (χ2v) is 8.05. The Kier molecular flexibility index (Phi) is 7.11. The van der Waals surface area contributed by atoms with E-state index in [2.05, 4.69) is 10.6 Å². The summed E-state index contributed by atoms with van der Waals surface area (Å²) < 4.78 is 0. The summed E-state index contributed by atoms with van der Waals surface area (Å²) in [6.07, 6.45) is 0.427. The van der Waals surface area contributed by atoms with E-state index in [1.54, 1.807) is 29.2 Å². The number of fused-ring (bicyclic) bond motifs is 1. The van der Waals surface area contributed by atoms with Gasteiger partial charge in [0, 0.05) is 32.0 Å². The monoisotopic (exact) mass is 427 g/mol. The highest BCUT2D eigenvalue weighted by Crippen LogP contribution is 2.27. The highest BCUT2D eigenvalue weighted by Gasteiger charge is 2.35. The first-order chi connectivity index (χ1) is 14.4. The number of rotatable bonds is 6. The van der Waals surface area contributed by atoms with Crippen LogP contribution in [0.5, 0.6) is 0 Å². The molecule has 0 fully saturated rings. The van der Waals surface area contributed by atoms with Gasteiger partial charge in [-0.25, -0.2) is 0 Å². The molecule has 7 heteroatoms. The molecule has 3 amide bonds. The second-order valence-electron chi connectivity index (χ2n) is 7.64. The summed E-state index contributed by atoms with van der Waals surface area (Å²) in [6, 6.07) is 14.0. The van der Waals surface area contributed by atoms with Crippen molar-refractivity contribution in [1.82, 2.24) is 15.5 Å². The standard InChI is InChI=1S/C23H26ClN3O3/c1-15(2)21(28)25-11-12-26-22(29)20-13-16-7-3-4-8-17(16)14-27(20)23(30)18-9-5-6-10-19(18)24/h3-10,15,20H,11-14H2,1-2H3,(H,25,28)(H,26,29). The molecule has 6 nitrogen and oxygen atoms in total. The molecule has 0 spiro atoms. The van der Waals surface area contributed by atoms with Crippen LogP contribution in [0.4, 0.5) is 0 Å². The number of hydrogen-bond acceptors (Lipinski definition) is 3. The van der Waals surface area contributed by atoms with Crippen LogP contribution in [0.15, 0.2) is 48.5 Å². The Labute approximate surface area is 181 Å². The zero-order valence-corrected chi connectivity index (χ0v) is 17.9. The van der Waals surface area contributed by atoms with E-state index in [1.165, 1.54) is 0 Å². The Hall–Kier alpha value is -2.86. The molecular weight excluding hydrogens is 402 g/mol. The van der Waals surface area contributed by atoms with Crippen molar-refractivity contribution in [1.29, 1.82) is 0 Å². The second kappa shape index (κ2) is 9.76. The summed E-state index contributed by atoms with van der Waals surface area (Å²) in [5.74, 6) is -0.697. The molecule has 0 bridgehead atoms. The van der Waals surface area contributed by atoms with Gasteiger partial charge in [-0.15, -0.1) is 0 Å². The van der Waals surface area contributed by atoms with Crippen molar-refractivity contribution >= 4 is 29.3 Å². The minimum Gasteiger partial charge on any atom is -0.354 e. The van der Waals surface area contributed by atoms with Crippen molar-refractivity contribution in [3.05, 3.63) is 70.2 Å². The van der Waals surface area contributed by atoms with Gasteiger partial charge in [-0.1, -0.05) is 61.8 Å². The quantitative estimate of drug-likeness (QED) is 0.696. The number of carbonyl (C=O) groups is 3. The van der Waals surface area contributed by atoms with Crippen molar-refractivity contribution in [2.24, 2.45) is 5.92 Å². The van der Waals surface area contributed by atoms with Gasteiger partial charge in [0.05, 0.1) is 10.6 Å². The third-order valence-electron chi connectivity index (χ3n) is 5.16. The van der Waals surface area contributed by atoms with Gasteiger partial charge in [0.15, 0.2) is 0 Å². The molecule has 0 aliphatic carbocycles. The van der Waals surface area contributed by atoms with Crippen LogP contribution >= 0.6 is 11.6 Å². The fourth-order valence-corrected chi connectivity index (χ4v) is 3.67. The lowest BCUT2D eigenvalue weighted by Gasteiger charge is -2.36. The first-order valence-corrected chi connectivity index (χ1v) is 10.4. The molecule has 2 aromatic carbocycles. The fraction of sp³-hybridized carbons (Fsp3) is 0.348. The molecule has 2 aromatic rings. The third-order valence-corrected chi connectivity index (χ3v) is 5.49. The summed E-state index contributed by atoms with van der Waals surface area (Å²) in [4.78, 5) is 39.5. The van der Waals surface area contributed by atoms with Crippen LogP contribution in [0.25, 0.3) is 0 Å². The number of carbonyl (C=O) groups excluding carboxylic acids is 3. The normalized spacial score (nSPS) is 15.5. The molecule has 0 saturated carbocycles. The van der Waals surface area contributed by atoms with Crippen LogP contribution in [-0.2, 0) is 22.6 Å². The molecule has 158 valence electrons. The van der Waals surface area contributed by atoms with Crippen LogP contribution in [0.2, 0.25) is 5.02 Å². The molecular formula is C23H26ClN3O3. The molecule has 1 aliphatic heterocycles. The smallest absolute Gasteiger partial charge is 0.256 e. The van der Waals surface area contributed by atoms with Gasteiger partial charge in [-0.2, -0.15) is 0 Å². The molecule has 2 N–H and O–H groups in total. The Bertz CT molecular complexity index is 945. The Morgan fingerprint density at radius 3 is 2.33 bits per heavy atom. The van der Waals surface area contributed by atoms with E-state index >= 15 is 0 Å². The minimum absolute atomic E-state index is 0.0635. The first-order valence-electron chi connectivity index (χ1n) is 10.1. The molecule has 1 aliphatic rings. The van der Waals surface area contributed by atoms with Gasteiger partial charge >= 0.3 is 0 Å². The summed E-state index contributed by atoms with van der Waals surface area (Å²) >= 11 is 6.24. The molecule has 1 unspecified atom stereocenters. The first kappa shape index (κ1) is 21.8. The molecule has 3 rings (SSSR count). The fourth-order valence-electron chi connectivity index (χ4n) is 3.45. The summed E-state index contributed by atoms with van der Waals surface area (Å²) in [7, 11) is 0. The zero-order valence-electron chi connectivity index (χ0n) is 17.2. The van der Waals surface area contributed by atoms with E-state index in [0.717, 1.165) is 11.1 Å². The lowest BCUT2D eigenvalue weighted by molar-refractivity contribution is -0.127. The number of amides is 3. The van der Waals surface area contributed by atoms with Gasteiger partial charge in [0.2, 0.25) is 11.8 Å². The predicted octanol–water partition coefficient (Wildman–Crippen LogP) is 2.80. The summed E-state index contributed by atoms with van der Waals surface area (Å²) in [5.41, 5.74) is 2.45. The number of halogens is 1. The number of benzene rings is 2. The van der Waals surface area contributed by atoms with E-state index in [-0.39, 0.29) is 23.6 Å². The average Bonchev–Trinajstić information content (AvgIpc) is 2.75. The average molecular weight is 428 g/mol. The molecule has 0 aromatic heterocycles. The van der Waals surface area contributed by atoms with Crippen LogP contribution in [-0.4, -0.2) is 41.8 Å². The largest absolute Gasteiger partial charge is 0.354 e. The van der Waals surface area contributed by atoms with Gasteiger partial charge < -0.3 is 15.5 Å². The lowest BCUT2D eigenvalue weighted by atomic mass is 9.92. The SMILES string of the molecule is CC(C)C(=O)NCCNC(=O)C1Cc2ccccc2CN1C(=O)c1ccccc1Cl. The van der Waals surface area contributed by atoms with Crippen LogP contribution in [0, 0.1) is 5.92 Å². The zero-order chi connectivity index (χ0) is 21.7. The topological polar surface area (TPSA) is 78.5 Å². The molecule has 30 heavy (non-hydrogen) atoms. The maximum absolute atomic E-state index is 13.2. The minimum atomic E-state index is -0.649. The predicted molar refractivity (Wildman–Crippen MR) is 116 cm³/mol. The van der Waals surface area contributed by atoms with E-state index in [0.29, 0.717) is 36.6 Å². The Balaban J connectivity index is 1.75. The maximum Gasteiger partial charge on any atom is 0.256 e. The molecule has 1 heterocycles. The lowest BCUT2D eigenvalue weighted by Crippen LogP contribution is -2.53. The van der Waals surface area contributed by atoms with Crippen molar-refractivity contribution < 1.29 is 14.4 Å². The highest BCUT2D eigenvalue weighted by atomic mass is 35.5. The van der Waals surface area contributed by atoms with Crippen LogP contribution in [0.3, 0.4) is 0 Å². The van der Waals surface area contributed by atoms with E-state index < -0.39 is 6.04 Å². The van der Waals surface area contributed by atoms with E-state index in [4.69, 9.17) is 11.6 Å². The molecule has 0 radical (unpaired) electrons. The number of nitrogens with one attached hydrogen (secondary N) is 2. The summed E-state index contributed by atoms with van der Waals surface area (Å²) in [6.45, 7) is 4.59. The maximum atomic E-state index is 13.2. The van der Waals surface area contributed by atoms with E-state index in [9.17, 15) is 14.4 Å². The summed E-state index contributed by atoms with van der Waals surface area (Å²) in [5, 5.41) is 5.98. The van der Waals surface area contributed by atoms with Gasteiger partial charge in [-0.05, 0) is 23.3 Å². The van der Waals surface area contributed by atoms with Crippen molar-refractivity contribution in [2.75, 3.05) is 13.1 Å². The molecule has 1 atom stereocenters. The van der Waals surface area contributed by atoms with E-state index in [1.807, 2.05) is 38.1 Å². The molecule has 0 saturated heterocycles. The Morgan fingerprint density at radius 1 is 1.00 bits per heavy atom. The van der Waals surface area contributed by atoms with Gasteiger partial charge in [0.25, 0.3) is 5.91 Å². The highest BCUT2D eigenvalue weighted by molar-refractivity contribution is 6.33. The number of nitrogens with zero attached hydrogens (tertiary/aromatic N) is 1. The van der Waals surface area contributed by atoms with Crippen molar-refractivity contribution in [3.8, 4) is 0 Å².